The molecule has 1 saturated heterocycles. The summed E-state index contributed by atoms with van der Waals surface area (Å²) in [5.41, 5.74) is 1.38. The summed E-state index contributed by atoms with van der Waals surface area (Å²) in [6.45, 7) is 0.247. The van der Waals surface area contributed by atoms with Crippen LogP contribution in [0.3, 0.4) is 0 Å². The van der Waals surface area contributed by atoms with Gasteiger partial charge in [-0.05, 0) is 48.3 Å². The molecule has 4 atom stereocenters. The van der Waals surface area contributed by atoms with Crippen LogP contribution in [0.25, 0.3) is 21.7 Å². The van der Waals surface area contributed by atoms with Crippen LogP contribution in [0.1, 0.15) is 30.7 Å². The highest BCUT2D eigenvalue weighted by Gasteiger charge is 2.42. The van der Waals surface area contributed by atoms with E-state index in [1.165, 1.54) is 0 Å². The van der Waals surface area contributed by atoms with Crippen LogP contribution in [0.15, 0.2) is 47.3 Å². The first-order valence-electron chi connectivity index (χ1n) is 10.1. The molecule has 3 N–H and O–H groups in total. The van der Waals surface area contributed by atoms with Crippen LogP contribution in [0.4, 0.5) is 0 Å². The Morgan fingerprint density at radius 1 is 1.17 bits per heavy atom. The molecule has 5 rings (SSSR count). The van der Waals surface area contributed by atoms with Crippen molar-refractivity contribution < 1.29 is 4.79 Å². The van der Waals surface area contributed by atoms with Crippen molar-refractivity contribution in [2.75, 3.05) is 6.54 Å². The Balaban J connectivity index is 1.47. The number of hydrogen-bond acceptors (Lipinski definition) is 4. The van der Waals surface area contributed by atoms with E-state index >= 15 is 0 Å². The molecule has 1 aliphatic heterocycles. The van der Waals surface area contributed by atoms with Gasteiger partial charge >= 0.3 is 0 Å². The molecule has 0 spiro atoms. The predicted molar refractivity (Wildman–Crippen MR) is 111 cm³/mol. The van der Waals surface area contributed by atoms with Gasteiger partial charge in [-0.15, -0.1) is 0 Å². The Labute approximate surface area is 167 Å². The fourth-order valence-electron chi connectivity index (χ4n) is 5.04. The number of hydrogen-bond donors (Lipinski definition) is 3. The second kappa shape index (κ2) is 7.02. The first kappa shape index (κ1) is 17.9. The number of nitrogens with zero attached hydrogens (tertiary/aromatic N) is 1. The van der Waals surface area contributed by atoms with Crippen molar-refractivity contribution in [3.05, 3.63) is 58.4 Å². The maximum atomic E-state index is 12.7. The van der Waals surface area contributed by atoms with Crippen LogP contribution in [0.5, 0.6) is 0 Å². The summed E-state index contributed by atoms with van der Waals surface area (Å²) in [7, 11) is 0. The van der Waals surface area contributed by atoms with Crippen molar-refractivity contribution >= 4 is 27.6 Å². The number of fused-ring (bicyclic) bond motifs is 5. The van der Waals surface area contributed by atoms with Gasteiger partial charge in [-0.25, -0.2) is 0 Å². The van der Waals surface area contributed by atoms with Crippen molar-refractivity contribution in [1.82, 2.24) is 15.6 Å². The number of benzene rings is 2. The molecular weight excluding hydrogens is 364 g/mol. The molecule has 2 bridgehead atoms. The van der Waals surface area contributed by atoms with Gasteiger partial charge < -0.3 is 15.6 Å². The van der Waals surface area contributed by atoms with Crippen LogP contribution in [-0.2, 0) is 4.79 Å². The largest absolute Gasteiger partial charge is 0.353 e. The maximum Gasteiger partial charge on any atom is 0.256 e. The Morgan fingerprint density at radius 3 is 2.72 bits per heavy atom. The number of aromatic amines is 1. The topological polar surface area (TPSA) is 97.8 Å². The van der Waals surface area contributed by atoms with Crippen molar-refractivity contribution in [2.24, 2.45) is 5.92 Å². The van der Waals surface area contributed by atoms with Gasteiger partial charge in [-0.3, -0.25) is 9.59 Å². The third-order valence-electron chi connectivity index (χ3n) is 6.44. The summed E-state index contributed by atoms with van der Waals surface area (Å²) < 4.78 is 0. The summed E-state index contributed by atoms with van der Waals surface area (Å²) in [6.07, 6.45) is 3.32. The molecule has 2 aromatic carbocycles. The zero-order valence-corrected chi connectivity index (χ0v) is 15.9. The number of pyridine rings is 1. The van der Waals surface area contributed by atoms with Gasteiger partial charge in [0, 0.05) is 28.9 Å². The Hall–Kier alpha value is -3.17. The van der Waals surface area contributed by atoms with Crippen LogP contribution in [0, 0.1) is 17.2 Å². The minimum Gasteiger partial charge on any atom is -0.353 e. The number of rotatable bonds is 4. The first-order chi connectivity index (χ1) is 14.2. The summed E-state index contributed by atoms with van der Waals surface area (Å²) in [5.74, 6) is -0.112. The summed E-state index contributed by atoms with van der Waals surface area (Å²) >= 11 is 0. The molecule has 1 unspecified atom stereocenters. The van der Waals surface area contributed by atoms with Gasteiger partial charge in [0.2, 0.25) is 5.91 Å². The second-order valence-electron chi connectivity index (χ2n) is 8.11. The Morgan fingerprint density at radius 2 is 2.00 bits per heavy atom. The molecule has 2 heterocycles. The third kappa shape index (κ3) is 2.99. The number of carbonyl (C=O) groups excluding carboxylic acids is 1. The zero-order valence-electron chi connectivity index (χ0n) is 15.9. The van der Waals surface area contributed by atoms with E-state index in [4.69, 9.17) is 0 Å². The number of aromatic nitrogens is 1. The van der Waals surface area contributed by atoms with E-state index in [0.29, 0.717) is 22.9 Å². The Bertz CT molecular complexity index is 1210. The second-order valence-corrected chi connectivity index (χ2v) is 8.11. The smallest absolute Gasteiger partial charge is 0.256 e. The van der Waals surface area contributed by atoms with E-state index in [2.05, 4.69) is 21.7 Å². The Kier molecular flexibility index (Phi) is 4.33. The minimum atomic E-state index is -0.504. The lowest BCUT2D eigenvalue weighted by Gasteiger charge is -2.23. The summed E-state index contributed by atoms with van der Waals surface area (Å²) in [6, 6.07) is 15.7. The van der Waals surface area contributed by atoms with Crippen LogP contribution in [0.2, 0.25) is 0 Å². The standard InChI is InChI=1S/C23H22N4O2/c24-11-14(12-25-23(29)21-13-8-9-15(10-13)26-21)16-6-3-7-19-20(16)17-4-1-2-5-18(17)22(28)27-19/h1-7,13-15,21,26H,8-10,12H2,(H,25,29)(H,27,28)/t13-,14?,15+,21-/m0/s1. The van der Waals surface area contributed by atoms with E-state index < -0.39 is 5.92 Å². The van der Waals surface area contributed by atoms with Crippen LogP contribution >= 0.6 is 0 Å². The molecule has 2 fully saturated rings. The lowest BCUT2D eigenvalue weighted by molar-refractivity contribution is -0.124. The van der Waals surface area contributed by atoms with Gasteiger partial charge in [0.25, 0.3) is 5.56 Å². The number of carbonyl (C=O) groups is 1. The lowest BCUT2D eigenvalue weighted by atomic mass is 9.92. The highest BCUT2D eigenvalue weighted by atomic mass is 16.2. The molecular formula is C23H22N4O2. The molecule has 3 aromatic rings. The normalized spacial score (nSPS) is 23.9. The average Bonchev–Trinajstić information content (AvgIpc) is 3.38. The van der Waals surface area contributed by atoms with Crippen molar-refractivity contribution in [3.8, 4) is 6.07 Å². The lowest BCUT2D eigenvalue weighted by Crippen LogP contribution is -2.48. The van der Waals surface area contributed by atoms with E-state index in [1.807, 2.05) is 36.4 Å². The van der Waals surface area contributed by atoms with Crippen molar-refractivity contribution in [3.63, 3.8) is 0 Å². The molecule has 2 aliphatic rings. The summed E-state index contributed by atoms with van der Waals surface area (Å²) in [5, 5.41) is 18.5. The van der Waals surface area contributed by atoms with E-state index in [9.17, 15) is 14.9 Å². The van der Waals surface area contributed by atoms with Crippen molar-refractivity contribution in [2.45, 2.75) is 37.3 Å². The summed E-state index contributed by atoms with van der Waals surface area (Å²) in [4.78, 5) is 28.0. The molecule has 6 nitrogen and oxygen atoms in total. The van der Waals surface area contributed by atoms with Gasteiger partial charge in [-0.1, -0.05) is 30.3 Å². The zero-order chi connectivity index (χ0) is 20.0. The fourth-order valence-corrected chi connectivity index (χ4v) is 5.04. The molecule has 1 amide bonds. The van der Waals surface area contributed by atoms with Crippen molar-refractivity contribution in [1.29, 1.82) is 5.26 Å². The number of H-pyrrole nitrogens is 1. The van der Waals surface area contributed by atoms with Crippen LogP contribution in [-0.4, -0.2) is 29.5 Å². The molecule has 0 radical (unpaired) electrons. The SMILES string of the molecule is N#CC(CNC(=O)[C@H]1N[C@@H]2CC[C@H]1C2)c1cccc2[nH]c(=O)c3ccccc3c12. The number of nitriles is 1. The molecule has 1 aromatic heterocycles. The van der Waals surface area contributed by atoms with Crippen LogP contribution < -0.4 is 16.2 Å². The number of nitrogens with one attached hydrogen (secondary N) is 3. The molecule has 146 valence electrons. The monoisotopic (exact) mass is 386 g/mol. The number of amides is 1. The van der Waals surface area contributed by atoms with Gasteiger partial charge in [0.1, 0.15) is 0 Å². The van der Waals surface area contributed by atoms with Gasteiger partial charge in [0.15, 0.2) is 0 Å². The quantitative estimate of drug-likeness (QED) is 0.600. The predicted octanol–water partition coefficient (Wildman–Crippen LogP) is 2.55. The average molecular weight is 386 g/mol. The number of piperidine rings is 1. The minimum absolute atomic E-state index is 0.0176. The fraction of sp³-hybridized carbons (Fsp3) is 0.348. The first-order valence-corrected chi connectivity index (χ1v) is 10.1. The molecule has 6 heteroatoms. The van der Waals surface area contributed by atoms with E-state index in [-0.39, 0.29) is 24.1 Å². The van der Waals surface area contributed by atoms with E-state index in [0.717, 1.165) is 35.6 Å². The van der Waals surface area contributed by atoms with E-state index in [1.54, 1.807) is 6.07 Å². The highest BCUT2D eigenvalue weighted by Crippen LogP contribution is 2.35. The molecule has 1 saturated carbocycles. The molecule has 29 heavy (non-hydrogen) atoms. The third-order valence-corrected chi connectivity index (χ3v) is 6.44. The maximum absolute atomic E-state index is 12.7. The van der Waals surface area contributed by atoms with Gasteiger partial charge in [0.05, 0.1) is 18.0 Å². The highest BCUT2D eigenvalue weighted by molar-refractivity contribution is 6.07. The molecule has 1 aliphatic carbocycles. The van der Waals surface area contributed by atoms with Gasteiger partial charge in [-0.2, -0.15) is 5.26 Å².